The van der Waals surface area contributed by atoms with Gasteiger partial charge in [0.25, 0.3) is 0 Å². The summed E-state index contributed by atoms with van der Waals surface area (Å²) < 4.78 is 5.98. The number of hydrogen-bond acceptors (Lipinski definition) is 6. The molecular weight excluding hydrogens is 378 g/mol. The van der Waals surface area contributed by atoms with E-state index in [9.17, 15) is 9.59 Å². The fourth-order valence-electron chi connectivity index (χ4n) is 3.52. The Kier molecular flexibility index (Phi) is 4.39. The number of Topliss-reactive ketones (excluding diaryl/α,β-unsaturated/α-hetero) is 2. The van der Waals surface area contributed by atoms with Crippen molar-refractivity contribution in [1.29, 1.82) is 0 Å². The van der Waals surface area contributed by atoms with Crippen molar-refractivity contribution in [3.05, 3.63) is 83.4 Å². The zero-order chi connectivity index (χ0) is 20.7. The largest absolute Gasteiger partial charge is 0.437 e. The van der Waals surface area contributed by atoms with Crippen LogP contribution < -0.4 is 10.1 Å². The number of hydrogen-bond donors (Lipinski definition) is 1. The maximum atomic E-state index is 12.3. The van der Waals surface area contributed by atoms with Gasteiger partial charge in [-0.1, -0.05) is 30.3 Å². The van der Waals surface area contributed by atoms with Crippen LogP contribution in [-0.4, -0.2) is 21.5 Å². The molecule has 0 spiro atoms. The van der Waals surface area contributed by atoms with E-state index in [1.807, 2.05) is 36.4 Å². The van der Waals surface area contributed by atoms with E-state index in [0.717, 1.165) is 16.8 Å². The molecule has 0 bridgehead atoms. The number of benzene rings is 2. The second-order valence-electron chi connectivity index (χ2n) is 7.28. The number of anilines is 2. The number of ketones is 2. The smallest absolute Gasteiger partial charge is 0.235 e. The van der Waals surface area contributed by atoms with Gasteiger partial charge >= 0.3 is 0 Å². The van der Waals surface area contributed by atoms with E-state index < -0.39 is 0 Å². The summed E-state index contributed by atoms with van der Waals surface area (Å²) in [7, 11) is 0. The Morgan fingerprint density at radius 1 is 1.10 bits per heavy atom. The molecule has 3 aromatic rings. The zero-order valence-corrected chi connectivity index (χ0v) is 16.3. The van der Waals surface area contributed by atoms with Crippen LogP contribution in [0.2, 0.25) is 0 Å². The molecule has 6 nitrogen and oxygen atoms in total. The predicted molar refractivity (Wildman–Crippen MR) is 113 cm³/mol. The van der Waals surface area contributed by atoms with Crippen molar-refractivity contribution < 1.29 is 14.3 Å². The molecule has 147 valence electrons. The third kappa shape index (κ3) is 3.48. The van der Waals surface area contributed by atoms with Crippen molar-refractivity contribution in [1.82, 2.24) is 9.97 Å². The zero-order valence-electron chi connectivity index (χ0n) is 16.3. The molecule has 6 heteroatoms. The van der Waals surface area contributed by atoms with Crippen molar-refractivity contribution in [2.75, 3.05) is 5.32 Å². The molecule has 1 radical (unpaired) electrons. The Morgan fingerprint density at radius 2 is 1.90 bits per heavy atom. The number of carbonyl (C=O) groups is 2. The summed E-state index contributed by atoms with van der Waals surface area (Å²) >= 11 is 0. The maximum Gasteiger partial charge on any atom is 0.235 e. The minimum absolute atomic E-state index is 0.0421. The minimum atomic E-state index is -0.214. The summed E-state index contributed by atoms with van der Waals surface area (Å²) in [5, 5.41) is 3.13. The van der Waals surface area contributed by atoms with E-state index >= 15 is 0 Å². The molecule has 5 rings (SSSR count). The fraction of sp³-hybridized carbons (Fsp3) is 0.125. The Bertz CT molecular complexity index is 1210. The van der Waals surface area contributed by atoms with Gasteiger partial charge in [-0.2, -0.15) is 4.98 Å². The van der Waals surface area contributed by atoms with Crippen LogP contribution in [0.4, 0.5) is 11.6 Å². The summed E-state index contributed by atoms with van der Waals surface area (Å²) in [5.74, 6) is 0.677. The van der Waals surface area contributed by atoms with Crippen LogP contribution in [0.25, 0.3) is 5.57 Å². The van der Waals surface area contributed by atoms with Gasteiger partial charge in [-0.3, -0.25) is 9.59 Å². The number of aryl methyl sites for hydroxylation is 1. The molecule has 2 aromatic carbocycles. The Hall–Kier alpha value is -3.80. The molecule has 2 aliphatic carbocycles. The van der Waals surface area contributed by atoms with Crippen LogP contribution >= 0.6 is 0 Å². The average Bonchev–Trinajstić information content (AvgIpc) is 3.52. The predicted octanol–water partition coefficient (Wildman–Crippen LogP) is 4.95. The lowest BCUT2D eigenvalue weighted by molar-refractivity contribution is 0.0991. The van der Waals surface area contributed by atoms with Crippen LogP contribution in [0.1, 0.15) is 45.2 Å². The molecular formula is C24H18N3O3. The number of carbonyl (C=O) groups excluding carboxylic acids is 2. The molecule has 0 saturated carbocycles. The molecule has 0 atom stereocenters. The van der Waals surface area contributed by atoms with E-state index in [-0.39, 0.29) is 23.0 Å². The molecule has 1 heterocycles. The van der Waals surface area contributed by atoms with Crippen LogP contribution in [-0.2, 0) is 6.42 Å². The van der Waals surface area contributed by atoms with Gasteiger partial charge in [0.05, 0.1) is 11.1 Å². The first-order valence-electron chi connectivity index (χ1n) is 9.72. The number of allylic oxidation sites excluding steroid dienone is 2. The molecule has 1 aromatic heterocycles. The molecule has 0 saturated heterocycles. The monoisotopic (exact) mass is 396 g/mol. The molecule has 2 aliphatic rings. The standard InChI is InChI=1S/C24H18N3O3/c1-14(28)19-13-25-24(26-18-10-7-16(8-11-18)15-5-6-15)27-23(19)30-21-4-2-3-17-9-12-20(29)22(17)21/h2-8,10-11,13H,9,12H2,1H3,(H,25,26,27). The van der Waals surface area contributed by atoms with Gasteiger partial charge in [0.1, 0.15) is 5.75 Å². The lowest BCUT2D eigenvalue weighted by Crippen LogP contribution is -2.06. The van der Waals surface area contributed by atoms with E-state index in [4.69, 9.17) is 4.74 Å². The quantitative estimate of drug-likeness (QED) is 0.594. The summed E-state index contributed by atoms with van der Waals surface area (Å²) in [6.45, 7) is 1.43. The first kappa shape index (κ1) is 18.2. The number of ether oxygens (including phenoxy) is 1. The first-order chi connectivity index (χ1) is 14.6. The Morgan fingerprint density at radius 3 is 2.63 bits per heavy atom. The topological polar surface area (TPSA) is 81.2 Å². The minimum Gasteiger partial charge on any atom is -0.437 e. The van der Waals surface area contributed by atoms with Crippen molar-refractivity contribution >= 4 is 28.8 Å². The van der Waals surface area contributed by atoms with Gasteiger partial charge in [0, 0.05) is 24.7 Å². The van der Waals surface area contributed by atoms with Crippen molar-refractivity contribution in [2.24, 2.45) is 0 Å². The number of nitrogens with zero attached hydrogens (tertiary/aromatic N) is 2. The van der Waals surface area contributed by atoms with Crippen molar-refractivity contribution in [3.63, 3.8) is 0 Å². The second kappa shape index (κ2) is 7.22. The number of rotatable bonds is 6. The third-order valence-electron chi connectivity index (χ3n) is 5.16. The normalized spacial score (nSPS) is 14.2. The SMILES string of the molecule is CC(=O)c1cnc(Nc2ccc(C3=C[CH]3)cc2)nc1Oc1cccc2c1C(=O)CC2. The van der Waals surface area contributed by atoms with Gasteiger partial charge in [0.2, 0.25) is 11.8 Å². The number of aromatic nitrogens is 2. The summed E-state index contributed by atoms with van der Waals surface area (Å²) in [6.07, 6.45) is 6.72. The second-order valence-corrected chi connectivity index (χ2v) is 7.28. The average molecular weight is 396 g/mol. The highest BCUT2D eigenvalue weighted by Gasteiger charge is 2.25. The molecule has 0 amide bonds. The number of nitrogens with one attached hydrogen (secondary N) is 1. The highest BCUT2D eigenvalue weighted by molar-refractivity contribution is 6.03. The van der Waals surface area contributed by atoms with Crippen LogP contribution in [0.15, 0.2) is 54.7 Å². The van der Waals surface area contributed by atoms with Gasteiger partial charge in [-0.05, 0) is 48.2 Å². The summed E-state index contributed by atoms with van der Waals surface area (Å²) in [4.78, 5) is 33.0. The highest BCUT2D eigenvalue weighted by atomic mass is 16.5. The van der Waals surface area contributed by atoms with E-state index in [0.29, 0.717) is 30.1 Å². The van der Waals surface area contributed by atoms with Gasteiger partial charge < -0.3 is 10.1 Å². The van der Waals surface area contributed by atoms with Crippen molar-refractivity contribution in [3.8, 4) is 11.6 Å². The highest BCUT2D eigenvalue weighted by Crippen LogP contribution is 2.35. The molecule has 0 aliphatic heterocycles. The van der Waals surface area contributed by atoms with Gasteiger partial charge in [-0.25, -0.2) is 4.98 Å². The fourth-order valence-corrected chi connectivity index (χ4v) is 3.52. The molecule has 0 fully saturated rings. The van der Waals surface area contributed by atoms with E-state index in [1.54, 1.807) is 6.07 Å². The summed E-state index contributed by atoms with van der Waals surface area (Å²) in [6, 6.07) is 13.4. The Balaban J connectivity index is 1.45. The van der Waals surface area contributed by atoms with Crippen molar-refractivity contribution in [2.45, 2.75) is 19.8 Å². The number of fused-ring (bicyclic) bond motifs is 1. The third-order valence-corrected chi connectivity index (χ3v) is 5.16. The van der Waals surface area contributed by atoms with Crippen LogP contribution in [0, 0.1) is 6.42 Å². The van der Waals surface area contributed by atoms with Gasteiger partial charge in [0.15, 0.2) is 11.6 Å². The van der Waals surface area contributed by atoms with Gasteiger partial charge in [-0.15, -0.1) is 0 Å². The maximum absolute atomic E-state index is 12.3. The van der Waals surface area contributed by atoms with Crippen LogP contribution in [0.5, 0.6) is 11.6 Å². The molecule has 30 heavy (non-hydrogen) atoms. The first-order valence-corrected chi connectivity index (χ1v) is 9.72. The Labute approximate surface area is 173 Å². The molecule has 1 N–H and O–H groups in total. The van der Waals surface area contributed by atoms with E-state index in [1.165, 1.54) is 18.7 Å². The van der Waals surface area contributed by atoms with Crippen LogP contribution in [0.3, 0.4) is 0 Å². The molecule has 0 unspecified atom stereocenters. The van der Waals surface area contributed by atoms with E-state index in [2.05, 4.69) is 27.8 Å². The summed E-state index contributed by atoms with van der Waals surface area (Å²) in [5.41, 5.74) is 4.98. The lowest BCUT2D eigenvalue weighted by atomic mass is 10.1. The lowest BCUT2D eigenvalue weighted by Gasteiger charge is -2.13.